The molecule has 0 bridgehead atoms. The predicted molar refractivity (Wildman–Crippen MR) is 111 cm³/mol. The van der Waals surface area contributed by atoms with E-state index >= 15 is 0 Å². The Bertz CT molecular complexity index is 1220. The summed E-state index contributed by atoms with van der Waals surface area (Å²) in [5.41, 5.74) is 0.934. The highest BCUT2D eigenvalue weighted by Gasteiger charge is 2.39. The Morgan fingerprint density at radius 3 is 2.58 bits per heavy atom. The van der Waals surface area contributed by atoms with E-state index in [0.29, 0.717) is 42.1 Å². The molecule has 0 amide bonds. The average Bonchev–Trinajstić information content (AvgIpc) is 3.29. The van der Waals surface area contributed by atoms with E-state index in [1.54, 1.807) is 32.0 Å². The van der Waals surface area contributed by atoms with Crippen LogP contribution in [0.25, 0.3) is 5.69 Å². The molecule has 0 fully saturated rings. The maximum Gasteiger partial charge on any atom is 0.435 e. The van der Waals surface area contributed by atoms with Gasteiger partial charge in [-0.15, -0.1) is 0 Å². The van der Waals surface area contributed by atoms with Crippen LogP contribution >= 0.6 is 0 Å². The highest BCUT2D eigenvalue weighted by atomic mass is 19.4. The summed E-state index contributed by atoms with van der Waals surface area (Å²) >= 11 is 0. The number of hydrogen-bond donors (Lipinski definition) is 0. The number of fused-ring (bicyclic) bond motifs is 2. The molecular formula is C24H22F4N2O3. The minimum atomic E-state index is -4.54. The van der Waals surface area contributed by atoms with Crippen LogP contribution in [0, 0.1) is 5.82 Å². The highest BCUT2D eigenvalue weighted by Crippen LogP contribution is 2.40. The minimum Gasteiger partial charge on any atom is -0.486 e. The van der Waals surface area contributed by atoms with Crippen molar-refractivity contribution >= 4 is 0 Å². The topological polar surface area (TPSA) is 45.5 Å². The van der Waals surface area contributed by atoms with E-state index in [0.717, 1.165) is 12.0 Å². The van der Waals surface area contributed by atoms with E-state index in [-0.39, 0.29) is 17.9 Å². The van der Waals surface area contributed by atoms with Crippen LogP contribution in [0.1, 0.15) is 49.2 Å². The second kappa shape index (κ2) is 7.67. The fraction of sp³-hybridized carbons (Fsp3) is 0.375. The molecule has 0 unspecified atom stereocenters. The summed E-state index contributed by atoms with van der Waals surface area (Å²) in [6.45, 7) is 3.63. The number of rotatable bonds is 4. The highest BCUT2D eigenvalue weighted by molar-refractivity contribution is 5.46. The maximum atomic E-state index is 14.5. The number of hydrogen-bond acceptors (Lipinski definition) is 4. The molecule has 2 heterocycles. The van der Waals surface area contributed by atoms with Crippen LogP contribution in [-0.4, -0.2) is 15.6 Å². The van der Waals surface area contributed by atoms with E-state index in [1.165, 1.54) is 22.9 Å². The largest absolute Gasteiger partial charge is 0.486 e. The third-order valence-corrected chi connectivity index (χ3v) is 5.72. The van der Waals surface area contributed by atoms with Gasteiger partial charge in [0, 0.05) is 31.2 Å². The Hall–Kier alpha value is -3.23. The normalized spacial score (nSPS) is 16.5. The molecule has 1 aliphatic carbocycles. The molecule has 174 valence electrons. The zero-order valence-corrected chi connectivity index (χ0v) is 18.1. The van der Waals surface area contributed by atoms with Gasteiger partial charge in [-0.05, 0) is 55.5 Å². The lowest BCUT2D eigenvalue weighted by molar-refractivity contribution is -0.142. The summed E-state index contributed by atoms with van der Waals surface area (Å²) < 4.78 is 73.3. The van der Waals surface area contributed by atoms with Crippen molar-refractivity contribution in [2.24, 2.45) is 0 Å². The molecule has 2 aliphatic rings. The monoisotopic (exact) mass is 462 g/mol. The molecule has 0 N–H and O–H groups in total. The van der Waals surface area contributed by atoms with Gasteiger partial charge in [-0.25, -0.2) is 9.07 Å². The molecule has 9 heteroatoms. The Labute approximate surface area is 187 Å². The number of aromatic nitrogens is 2. The molecule has 1 aliphatic heterocycles. The zero-order valence-electron chi connectivity index (χ0n) is 18.1. The van der Waals surface area contributed by atoms with Crippen LogP contribution in [0.2, 0.25) is 0 Å². The summed E-state index contributed by atoms with van der Waals surface area (Å²) in [5, 5.41) is 3.86. The number of ether oxygens (including phenoxy) is 3. The molecule has 0 spiro atoms. The standard InChI is InChI=1S/C24H22F4N2O3/c1-23(2)32-19-10-7-14(11-21(19)33-23)13-31-20-12-15(8-9-17(20)25)30-18-6-4-3-5-16(18)22(29-30)24(26,27)28/h7-12H,3-6,13H2,1-2H3. The fourth-order valence-corrected chi connectivity index (χ4v) is 4.29. The quantitative estimate of drug-likeness (QED) is 0.447. The molecule has 33 heavy (non-hydrogen) atoms. The molecule has 0 atom stereocenters. The Morgan fingerprint density at radius 2 is 1.79 bits per heavy atom. The first kappa shape index (κ1) is 21.6. The van der Waals surface area contributed by atoms with Crippen LogP contribution < -0.4 is 14.2 Å². The summed E-state index contributed by atoms with van der Waals surface area (Å²) in [7, 11) is 0. The van der Waals surface area contributed by atoms with Gasteiger partial charge in [0.2, 0.25) is 5.79 Å². The van der Waals surface area contributed by atoms with Crippen molar-refractivity contribution in [2.75, 3.05) is 0 Å². The molecule has 0 saturated heterocycles. The Kier molecular flexibility index (Phi) is 5.02. The molecule has 2 aromatic carbocycles. The SMILES string of the molecule is CC1(C)Oc2ccc(COc3cc(-n4nc(C(F)(F)F)c5c4CCCC5)ccc3F)cc2O1. The maximum absolute atomic E-state index is 14.5. The fourth-order valence-electron chi connectivity index (χ4n) is 4.29. The summed E-state index contributed by atoms with van der Waals surface area (Å²) in [6.07, 6.45) is -2.26. The molecule has 3 aromatic rings. The van der Waals surface area contributed by atoms with E-state index in [1.807, 2.05) is 0 Å². The van der Waals surface area contributed by atoms with E-state index in [2.05, 4.69) is 5.10 Å². The zero-order chi connectivity index (χ0) is 23.4. The van der Waals surface area contributed by atoms with Crippen LogP contribution in [0.5, 0.6) is 17.2 Å². The number of benzene rings is 2. The van der Waals surface area contributed by atoms with Gasteiger partial charge in [0.05, 0.1) is 5.69 Å². The lowest BCUT2D eigenvalue weighted by Gasteiger charge is -2.16. The van der Waals surface area contributed by atoms with Crippen LogP contribution in [0.4, 0.5) is 17.6 Å². The van der Waals surface area contributed by atoms with Gasteiger partial charge in [0.15, 0.2) is 28.8 Å². The van der Waals surface area contributed by atoms with Crippen molar-refractivity contribution in [1.29, 1.82) is 0 Å². The smallest absolute Gasteiger partial charge is 0.435 e. The van der Waals surface area contributed by atoms with Crippen LogP contribution in [0.15, 0.2) is 36.4 Å². The van der Waals surface area contributed by atoms with Gasteiger partial charge in [-0.3, -0.25) is 0 Å². The molecule has 5 nitrogen and oxygen atoms in total. The lowest BCUT2D eigenvalue weighted by atomic mass is 9.95. The van der Waals surface area contributed by atoms with Crippen molar-refractivity contribution in [3.63, 3.8) is 0 Å². The van der Waals surface area contributed by atoms with Crippen molar-refractivity contribution in [2.45, 2.75) is 58.1 Å². The van der Waals surface area contributed by atoms with Gasteiger partial charge >= 0.3 is 6.18 Å². The lowest BCUT2D eigenvalue weighted by Crippen LogP contribution is -2.29. The van der Waals surface area contributed by atoms with E-state index < -0.39 is 23.5 Å². The van der Waals surface area contributed by atoms with Crippen LogP contribution in [-0.2, 0) is 25.6 Å². The minimum absolute atomic E-state index is 0.0441. The van der Waals surface area contributed by atoms with Gasteiger partial charge < -0.3 is 14.2 Å². The predicted octanol–water partition coefficient (Wildman–Crippen LogP) is 6.00. The van der Waals surface area contributed by atoms with Crippen molar-refractivity contribution in [3.05, 3.63) is 64.7 Å². The first-order chi connectivity index (χ1) is 15.6. The van der Waals surface area contributed by atoms with Crippen molar-refractivity contribution < 1.29 is 31.8 Å². The van der Waals surface area contributed by atoms with Gasteiger partial charge in [-0.1, -0.05) is 6.07 Å². The van der Waals surface area contributed by atoms with Gasteiger partial charge in [0.1, 0.15) is 6.61 Å². The molecule has 0 saturated carbocycles. The second-order valence-electron chi connectivity index (χ2n) is 8.68. The summed E-state index contributed by atoms with van der Waals surface area (Å²) in [4.78, 5) is 0. The van der Waals surface area contributed by atoms with Crippen LogP contribution in [0.3, 0.4) is 0 Å². The molecule has 5 rings (SSSR count). The number of halogens is 4. The van der Waals surface area contributed by atoms with Crippen molar-refractivity contribution in [3.8, 4) is 22.9 Å². The van der Waals surface area contributed by atoms with E-state index in [4.69, 9.17) is 14.2 Å². The van der Waals surface area contributed by atoms with Gasteiger partial charge in [-0.2, -0.15) is 18.3 Å². The molecule has 0 radical (unpaired) electrons. The number of alkyl halides is 3. The molecule has 1 aromatic heterocycles. The van der Waals surface area contributed by atoms with Crippen molar-refractivity contribution in [1.82, 2.24) is 9.78 Å². The van der Waals surface area contributed by atoms with Gasteiger partial charge in [0.25, 0.3) is 0 Å². The Balaban J connectivity index is 1.42. The Morgan fingerprint density at radius 1 is 1.03 bits per heavy atom. The first-order valence-electron chi connectivity index (χ1n) is 10.7. The average molecular weight is 462 g/mol. The third-order valence-electron chi connectivity index (χ3n) is 5.72. The third kappa shape index (κ3) is 4.12. The summed E-state index contributed by atoms with van der Waals surface area (Å²) in [5.74, 6) is -0.267. The van der Waals surface area contributed by atoms with E-state index in [9.17, 15) is 17.6 Å². The second-order valence-corrected chi connectivity index (χ2v) is 8.68. The number of nitrogens with zero attached hydrogens (tertiary/aromatic N) is 2. The summed E-state index contributed by atoms with van der Waals surface area (Å²) in [6, 6.07) is 9.26. The first-order valence-corrected chi connectivity index (χ1v) is 10.7. The molecular weight excluding hydrogens is 440 g/mol.